The van der Waals surface area contributed by atoms with Crippen molar-refractivity contribution < 1.29 is 9.47 Å². The first-order valence-electron chi connectivity index (χ1n) is 6.10. The van der Waals surface area contributed by atoms with Gasteiger partial charge in [-0.2, -0.15) is 0 Å². The van der Waals surface area contributed by atoms with Crippen LogP contribution in [-0.2, 0) is 9.47 Å². The molecule has 2 heterocycles. The normalized spacial score (nSPS) is 60.0. The van der Waals surface area contributed by atoms with Crippen molar-refractivity contribution >= 4 is 0 Å². The van der Waals surface area contributed by atoms with Crippen molar-refractivity contribution in [3.63, 3.8) is 0 Å². The van der Waals surface area contributed by atoms with Gasteiger partial charge in [0.25, 0.3) is 0 Å². The van der Waals surface area contributed by atoms with Gasteiger partial charge in [0.2, 0.25) is 0 Å². The molecule has 2 aliphatic heterocycles. The van der Waals surface area contributed by atoms with Crippen LogP contribution < -0.4 is 0 Å². The first-order valence-corrected chi connectivity index (χ1v) is 6.10. The first kappa shape index (κ1) is 8.12. The van der Waals surface area contributed by atoms with Gasteiger partial charge < -0.3 is 9.47 Å². The van der Waals surface area contributed by atoms with Crippen molar-refractivity contribution in [3.8, 4) is 0 Å². The van der Waals surface area contributed by atoms with Crippen LogP contribution in [-0.4, -0.2) is 26.4 Å². The number of ether oxygens (including phenoxy) is 2. The van der Waals surface area contributed by atoms with Crippen LogP contribution in [0, 0.1) is 35.5 Å². The monoisotopic (exact) mass is 194 g/mol. The van der Waals surface area contributed by atoms with Gasteiger partial charge in [-0.05, 0) is 48.3 Å². The molecule has 2 bridgehead atoms. The zero-order valence-electron chi connectivity index (χ0n) is 8.52. The average molecular weight is 194 g/mol. The standard InChI is InChI=1S/C12H18O2/c1-2-8-11-5-13-3-9(11)7(1)10-4-14-6-12(8)10/h7-12H,1-6H2/t7?,8?,9-,10+,11+,12-. The van der Waals surface area contributed by atoms with Crippen molar-refractivity contribution in [3.05, 3.63) is 0 Å². The lowest BCUT2D eigenvalue weighted by Gasteiger charge is -2.51. The molecule has 2 saturated heterocycles. The van der Waals surface area contributed by atoms with Crippen molar-refractivity contribution in [1.29, 1.82) is 0 Å². The Labute approximate surface area is 85.0 Å². The van der Waals surface area contributed by atoms with Crippen LogP contribution in [0.5, 0.6) is 0 Å². The summed E-state index contributed by atoms with van der Waals surface area (Å²) in [5.74, 6) is 5.49. The van der Waals surface area contributed by atoms with Crippen molar-refractivity contribution in [2.75, 3.05) is 26.4 Å². The lowest BCUT2D eigenvalue weighted by atomic mass is 9.52. The minimum absolute atomic E-state index is 0.900. The summed E-state index contributed by atoms with van der Waals surface area (Å²) in [6.07, 6.45) is 2.92. The maximum Gasteiger partial charge on any atom is 0.0500 e. The van der Waals surface area contributed by atoms with Crippen molar-refractivity contribution in [1.82, 2.24) is 0 Å². The molecular formula is C12H18O2. The van der Waals surface area contributed by atoms with Gasteiger partial charge in [-0.1, -0.05) is 0 Å². The van der Waals surface area contributed by atoms with Crippen LogP contribution in [0.4, 0.5) is 0 Å². The molecule has 3 aliphatic carbocycles. The summed E-state index contributed by atoms with van der Waals surface area (Å²) < 4.78 is 11.4. The molecule has 0 N–H and O–H groups in total. The number of hydrogen-bond acceptors (Lipinski definition) is 2. The molecule has 0 radical (unpaired) electrons. The predicted octanol–water partition coefficient (Wildman–Crippen LogP) is 1.55. The quantitative estimate of drug-likeness (QED) is 0.582. The van der Waals surface area contributed by atoms with Crippen molar-refractivity contribution in [2.24, 2.45) is 35.5 Å². The summed E-state index contributed by atoms with van der Waals surface area (Å²) >= 11 is 0. The minimum atomic E-state index is 0.900. The van der Waals surface area contributed by atoms with E-state index < -0.39 is 0 Å². The molecule has 2 nitrogen and oxygen atoms in total. The number of hydrogen-bond donors (Lipinski definition) is 0. The maximum absolute atomic E-state index is 5.70. The molecule has 14 heavy (non-hydrogen) atoms. The van der Waals surface area contributed by atoms with Gasteiger partial charge in [-0.15, -0.1) is 0 Å². The molecule has 5 aliphatic rings. The molecule has 5 fully saturated rings. The Morgan fingerprint density at radius 2 is 0.857 bits per heavy atom. The predicted molar refractivity (Wildman–Crippen MR) is 51.8 cm³/mol. The van der Waals surface area contributed by atoms with Gasteiger partial charge in [0.1, 0.15) is 0 Å². The second-order valence-corrected chi connectivity index (χ2v) is 5.64. The molecule has 3 saturated carbocycles. The van der Waals surface area contributed by atoms with E-state index >= 15 is 0 Å². The van der Waals surface area contributed by atoms with E-state index in [0.717, 1.165) is 61.9 Å². The largest absolute Gasteiger partial charge is 0.381 e. The molecule has 0 spiro atoms. The van der Waals surface area contributed by atoms with Gasteiger partial charge in [0, 0.05) is 0 Å². The third kappa shape index (κ3) is 0.849. The SMILES string of the molecule is C1CC2[C@H]3COC[C@H]3C1[C@H]1COC[C@@H]21. The highest BCUT2D eigenvalue weighted by Crippen LogP contribution is 2.58. The number of fused-ring (bicyclic) bond motifs is 1. The first-order chi connectivity index (χ1) is 6.95. The Morgan fingerprint density at radius 3 is 1.21 bits per heavy atom. The Morgan fingerprint density at radius 1 is 0.500 bits per heavy atom. The fourth-order valence-electron chi connectivity index (χ4n) is 4.82. The van der Waals surface area contributed by atoms with Gasteiger partial charge in [-0.25, -0.2) is 0 Å². The van der Waals surface area contributed by atoms with Crippen LogP contribution in [0.25, 0.3) is 0 Å². The molecule has 0 aromatic carbocycles. The molecule has 2 unspecified atom stereocenters. The van der Waals surface area contributed by atoms with E-state index in [-0.39, 0.29) is 0 Å². The van der Waals surface area contributed by atoms with Gasteiger partial charge >= 0.3 is 0 Å². The smallest absolute Gasteiger partial charge is 0.0500 e. The molecule has 6 atom stereocenters. The lowest BCUT2D eigenvalue weighted by Crippen LogP contribution is -2.49. The Balaban J connectivity index is 1.73. The van der Waals surface area contributed by atoms with Gasteiger partial charge in [0.15, 0.2) is 0 Å². The molecule has 2 heteroatoms. The van der Waals surface area contributed by atoms with E-state index in [1.165, 1.54) is 12.8 Å². The summed E-state index contributed by atoms with van der Waals surface area (Å²) in [5.41, 5.74) is 0. The van der Waals surface area contributed by atoms with Gasteiger partial charge in [0.05, 0.1) is 26.4 Å². The fraction of sp³-hybridized carbons (Fsp3) is 1.00. The lowest BCUT2D eigenvalue weighted by molar-refractivity contribution is -0.0289. The van der Waals surface area contributed by atoms with E-state index in [1.54, 1.807) is 0 Å². The number of rotatable bonds is 0. The molecule has 0 amide bonds. The molecule has 78 valence electrons. The minimum Gasteiger partial charge on any atom is -0.381 e. The highest BCUT2D eigenvalue weighted by molar-refractivity contribution is 5.04. The summed E-state index contributed by atoms with van der Waals surface area (Å²) in [5, 5.41) is 0. The fourth-order valence-corrected chi connectivity index (χ4v) is 4.82. The van der Waals surface area contributed by atoms with E-state index in [1.807, 2.05) is 0 Å². The van der Waals surface area contributed by atoms with E-state index in [2.05, 4.69) is 0 Å². The zero-order chi connectivity index (χ0) is 9.12. The highest BCUT2D eigenvalue weighted by atomic mass is 16.5. The molecule has 0 aromatic heterocycles. The second kappa shape index (κ2) is 2.73. The van der Waals surface area contributed by atoms with Crippen LogP contribution in [0.2, 0.25) is 0 Å². The molecular weight excluding hydrogens is 176 g/mol. The van der Waals surface area contributed by atoms with E-state index in [9.17, 15) is 0 Å². The Bertz CT molecular complexity index is 207. The third-order valence-electron chi connectivity index (χ3n) is 5.37. The second-order valence-electron chi connectivity index (χ2n) is 5.64. The summed E-state index contributed by atoms with van der Waals surface area (Å²) in [6, 6.07) is 0. The summed E-state index contributed by atoms with van der Waals surface area (Å²) in [6.45, 7) is 4.20. The Hall–Kier alpha value is -0.0800. The summed E-state index contributed by atoms with van der Waals surface area (Å²) in [4.78, 5) is 0. The third-order valence-corrected chi connectivity index (χ3v) is 5.37. The van der Waals surface area contributed by atoms with Crippen LogP contribution in [0.1, 0.15) is 12.8 Å². The topological polar surface area (TPSA) is 18.5 Å². The molecule has 5 rings (SSSR count). The average Bonchev–Trinajstić information content (AvgIpc) is 2.88. The maximum atomic E-state index is 5.70. The van der Waals surface area contributed by atoms with Crippen molar-refractivity contribution in [2.45, 2.75) is 12.8 Å². The van der Waals surface area contributed by atoms with Crippen LogP contribution in [0.15, 0.2) is 0 Å². The van der Waals surface area contributed by atoms with Crippen LogP contribution in [0.3, 0.4) is 0 Å². The highest BCUT2D eigenvalue weighted by Gasteiger charge is 2.57. The summed E-state index contributed by atoms with van der Waals surface area (Å²) in [7, 11) is 0. The molecule has 0 aromatic rings. The zero-order valence-corrected chi connectivity index (χ0v) is 8.52. The Kier molecular flexibility index (Phi) is 1.58. The van der Waals surface area contributed by atoms with Crippen LogP contribution >= 0.6 is 0 Å². The van der Waals surface area contributed by atoms with E-state index in [0.29, 0.717) is 0 Å². The van der Waals surface area contributed by atoms with E-state index in [4.69, 9.17) is 9.47 Å². The van der Waals surface area contributed by atoms with Gasteiger partial charge in [-0.3, -0.25) is 0 Å².